The van der Waals surface area contributed by atoms with E-state index in [4.69, 9.17) is 4.74 Å². The van der Waals surface area contributed by atoms with Crippen molar-refractivity contribution in [3.63, 3.8) is 0 Å². The number of hydrogen-bond donors (Lipinski definition) is 1. The first-order valence-corrected chi connectivity index (χ1v) is 10.0. The molecule has 0 aromatic carbocycles. The standard InChI is InChI=1S/C16H17N3O4S2/c1-3-12-5-6-15(24-12)25(21,22)18-11-7-8-19-14(9-11)13(10-17-19)16(20)23-4-2/h5-10,18H,3-4H2,1-2H3. The number of nitrogens with one attached hydrogen (secondary N) is 1. The molecule has 0 amide bonds. The molecule has 0 atom stereocenters. The molecule has 1 N–H and O–H groups in total. The quantitative estimate of drug-likeness (QED) is 0.665. The number of ether oxygens (including phenoxy) is 1. The fourth-order valence-electron chi connectivity index (χ4n) is 2.31. The highest BCUT2D eigenvalue weighted by Crippen LogP contribution is 2.25. The number of esters is 1. The molecule has 0 bridgehead atoms. The highest BCUT2D eigenvalue weighted by atomic mass is 32.2. The van der Waals surface area contributed by atoms with Gasteiger partial charge in [0.1, 0.15) is 9.77 Å². The van der Waals surface area contributed by atoms with Crippen molar-refractivity contribution in [2.75, 3.05) is 11.3 Å². The van der Waals surface area contributed by atoms with Crippen LogP contribution in [0.3, 0.4) is 0 Å². The number of nitrogens with zero attached hydrogens (tertiary/aromatic N) is 2. The Bertz CT molecular complexity index is 1020. The molecule has 0 saturated heterocycles. The summed E-state index contributed by atoms with van der Waals surface area (Å²) in [5.74, 6) is -0.497. The number of sulfonamides is 1. The molecular formula is C16H17N3O4S2. The van der Waals surface area contributed by atoms with E-state index in [1.165, 1.54) is 22.0 Å². The topological polar surface area (TPSA) is 89.8 Å². The Labute approximate surface area is 149 Å². The van der Waals surface area contributed by atoms with E-state index in [-0.39, 0.29) is 16.4 Å². The maximum Gasteiger partial charge on any atom is 0.341 e. The Morgan fingerprint density at radius 2 is 2.12 bits per heavy atom. The lowest BCUT2D eigenvalue weighted by molar-refractivity contribution is 0.0528. The number of thiophene rings is 1. The zero-order valence-corrected chi connectivity index (χ0v) is 15.4. The van der Waals surface area contributed by atoms with E-state index in [2.05, 4.69) is 9.82 Å². The number of aryl methyl sites for hydroxylation is 1. The second-order valence-corrected chi connectivity index (χ2v) is 8.28. The molecule has 3 heterocycles. The van der Waals surface area contributed by atoms with Gasteiger partial charge in [0.25, 0.3) is 10.0 Å². The summed E-state index contributed by atoms with van der Waals surface area (Å²) in [6.07, 6.45) is 3.77. The number of pyridine rings is 1. The third-order valence-electron chi connectivity index (χ3n) is 3.52. The number of fused-ring (bicyclic) bond motifs is 1. The Morgan fingerprint density at radius 1 is 1.32 bits per heavy atom. The monoisotopic (exact) mass is 379 g/mol. The van der Waals surface area contributed by atoms with Crippen LogP contribution in [0.15, 0.2) is 40.9 Å². The lowest BCUT2D eigenvalue weighted by atomic mass is 10.2. The molecule has 25 heavy (non-hydrogen) atoms. The zero-order chi connectivity index (χ0) is 18.0. The van der Waals surface area contributed by atoms with Crippen LogP contribution in [-0.4, -0.2) is 30.6 Å². The van der Waals surface area contributed by atoms with E-state index in [9.17, 15) is 13.2 Å². The summed E-state index contributed by atoms with van der Waals surface area (Å²) in [5, 5.41) is 4.07. The first-order chi connectivity index (χ1) is 11.9. The minimum atomic E-state index is -3.67. The molecule has 0 aliphatic heterocycles. The molecule has 0 aliphatic carbocycles. The smallest absolute Gasteiger partial charge is 0.341 e. The zero-order valence-electron chi connectivity index (χ0n) is 13.7. The van der Waals surface area contributed by atoms with Gasteiger partial charge in [-0.15, -0.1) is 11.3 Å². The highest BCUT2D eigenvalue weighted by Gasteiger charge is 2.19. The van der Waals surface area contributed by atoms with E-state index >= 15 is 0 Å². The SMILES string of the molecule is CCOC(=O)c1cnn2ccc(NS(=O)(=O)c3ccc(CC)s3)cc12. The summed E-state index contributed by atoms with van der Waals surface area (Å²) in [4.78, 5) is 13.0. The average Bonchev–Trinajstić information content (AvgIpc) is 3.21. The first-order valence-electron chi connectivity index (χ1n) is 7.70. The number of rotatable bonds is 6. The van der Waals surface area contributed by atoms with E-state index in [1.807, 2.05) is 6.92 Å². The Hall–Kier alpha value is -2.39. The van der Waals surface area contributed by atoms with Crippen LogP contribution in [0.4, 0.5) is 5.69 Å². The van der Waals surface area contributed by atoms with Crippen molar-refractivity contribution < 1.29 is 17.9 Å². The molecule has 0 unspecified atom stereocenters. The summed E-state index contributed by atoms with van der Waals surface area (Å²) in [5.41, 5.74) is 1.11. The van der Waals surface area contributed by atoms with Crippen molar-refractivity contribution in [2.45, 2.75) is 24.5 Å². The number of carbonyl (C=O) groups excluding carboxylic acids is 1. The van der Waals surface area contributed by atoms with Crippen molar-refractivity contribution in [1.29, 1.82) is 0 Å². The van der Waals surface area contributed by atoms with Crippen LogP contribution < -0.4 is 4.72 Å². The number of anilines is 1. The molecule has 3 aromatic rings. The maximum absolute atomic E-state index is 12.5. The van der Waals surface area contributed by atoms with Crippen molar-refractivity contribution in [3.8, 4) is 0 Å². The first kappa shape index (κ1) is 17.4. The predicted molar refractivity (Wildman–Crippen MR) is 95.7 cm³/mol. The van der Waals surface area contributed by atoms with Gasteiger partial charge in [0.05, 0.1) is 24.0 Å². The van der Waals surface area contributed by atoms with Crippen LogP contribution in [-0.2, 0) is 21.2 Å². The number of aromatic nitrogens is 2. The van der Waals surface area contributed by atoms with Gasteiger partial charge in [0.15, 0.2) is 0 Å². The molecule has 7 nitrogen and oxygen atoms in total. The molecule has 0 aliphatic rings. The predicted octanol–water partition coefficient (Wildman–Crippen LogP) is 2.94. The van der Waals surface area contributed by atoms with E-state index in [0.717, 1.165) is 11.3 Å². The van der Waals surface area contributed by atoms with Crippen molar-refractivity contribution in [2.24, 2.45) is 0 Å². The molecule has 3 rings (SSSR count). The normalized spacial score (nSPS) is 11.6. The molecule has 3 aromatic heterocycles. The lowest BCUT2D eigenvalue weighted by Crippen LogP contribution is -2.12. The summed E-state index contributed by atoms with van der Waals surface area (Å²) in [6.45, 7) is 3.94. The Balaban J connectivity index is 1.93. The van der Waals surface area contributed by atoms with Gasteiger partial charge in [-0.2, -0.15) is 5.10 Å². The number of carbonyl (C=O) groups is 1. The van der Waals surface area contributed by atoms with Gasteiger partial charge in [-0.25, -0.2) is 17.7 Å². The van der Waals surface area contributed by atoms with E-state index in [1.54, 1.807) is 37.4 Å². The average molecular weight is 379 g/mol. The largest absolute Gasteiger partial charge is 0.462 e. The molecule has 132 valence electrons. The van der Waals surface area contributed by atoms with Gasteiger partial charge in [-0.3, -0.25) is 4.72 Å². The lowest BCUT2D eigenvalue weighted by Gasteiger charge is -2.07. The molecule has 0 saturated carbocycles. The van der Waals surface area contributed by atoms with Gasteiger partial charge in [-0.05, 0) is 37.6 Å². The minimum Gasteiger partial charge on any atom is -0.462 e. The van der Waals surface area contributed by atoms with Crippen molar-refractivity contribution in [3.05, 3.63) is 47.1 Å². The van der Waals surface area contributed by atoms with Gasteiger partial charge >= 0.3 is 5.97 Å². The number of hydrogen-bond acceptors (Lipinski definition) is 6. The molecule has 0 fully saturated rings. The Kier molecular flexibility index (Phi) is 4.78. The third-order valence-corrected chi connectivity index (χ3v) is 6.62. The van der Waals surface area contributed by atoms with E-state index in [0.29, 0.717) is 11.2 Å². The van der Waals surface area contributed by atoms with Crippen LogP contribution in [0.25, 0.3) is 5.52 Å². The van der Waals surface area contributed by atoms with Crippen LogP contribution >= 0.6 is 11.3 Å². The van der Waals surface area contributed by atoms with Crippen LogP contribution in [0.1, 0.15) is 29.1 Å². The van der Waals surface area contributed by atoms with Gasteiger partial charge in [-0.1, -0.05) is 6.92 Å². The maximum atomic E-state index is 12.5. The van der Waals surface area contributed by atoms with Gasteiger partial charge < -0.3 is 4.74 Å². The summed E-state index contributed by atoms with van der Waals surface area (Å²) in [6, 6.07) is 6.54. The summed E-state index contributed by atoms with van der Waals surface area (Å²) in [7, 11) is -3.67. The fraction of sp³-hybridized carbons (Fsp3) is 0.250. The Morgan fingerprint density at radius 3 is 2.80 bits per heavy atom. The van der Waals surface area contributed by atoms with Gasteiger partial charge in [0.2, 0.25) is 0 Å². The highest BCUT2D eigenvalue weighted by molar-refractivity contribution is 7.94. The van der Waals surface area contributed by atoms with Crippen molar-refractivity contribution in [1.82, 2.24) is 9.61 Å². The summed E-state index contributed by atoms with van der Waals surface area (Å²) >= 11 is 1.24. The molecule has 9 heteroatoms. The second-order valence-electron chi connectivity index (χ2n) is 5.20. The van der Waals surface area contributed by atoms with Crippen LogP contribution in [0.2, 0.25) is 0 Å². The molecular weight excluding hydrogens is 362 g/mol. The van der Waals surface area contributed by atoms with Crippen LogP contribution in [0, 0.1) is 0 Å². The molecule has 0 radical (unpaired) electrons. The third kappa shape index (κ3) is 3.52. The molecule has 0 spiro atoms. The van der Waals surface area contributed by atoms with Gasteiger partial charge in [0, 0.05) is 11.1 Å². The fourth-order valence-corrected chi connectivity index (χ4v) is 4.65. The van der Waals surface area contributed by atoms with Crippen LogP contribution in [0.5, 0.6) is 0 Å². The summed E-state index contributed by atoms with van der Waals surface area (Å²) < 4.78 is 34.3. The second kappa shape index (κ2) is 6.85. The van der Waals surface area contributed by atoms with E-state index < -0.39 is 16.0 Å². The van der Waals surface area contributed by atoms with Crippen molar-refractivity contribution >= 4 is 38.5 Å². The minimum absolute atomic E-state index is 0.251.